The normalized spacial score (nSPS) is 14.3. The summed E-state index contributed by atoms with van der Waals surface area (Å²) in [6, 6.07) is 22.8. The van der Waals surface area contributed by atoms with Crippen LogP contribution in [0.3, 0.4) is 0 Å². The van der Waals surface area contributed by atoms with E-state index in [0.717, 1.165) is 33.4 Å². The summed E-state index contributed by atoms with van der Waals surface area (Å²) in [6.45, 7) is 11.6. The minimum absolute atomic E-state index is 0.0705. The molecular weight excluding hydrogens is 644 g/mol. The molecule has 0 radical (unpaired) electrons. The van der Waals surface area contributed by atoms with Crippen LogP contribution < -0.4 is 5.32 Å². The minimum Gasteiger partial charge on any atom is -0.460 e. The van der Waals surface area contributed by atoms with E-state index in [2.05, 4.69) is 27.5 Å². The third-order valence-corrected chi connectivity index (χ3v) is 8.40. The molecule has 0 aliphatic heterocycles. The standard InChI is InChI=1S/C41H48N4O6/c1-27(2)24-36(44-40(48)49-26-35-33-14-9-7-12-31(33)32-13-8-10-15-34(32)35)39(47)50-37(16-11-17-38(46)51-41(4,5)6)28(3)18-19-29-20-22-30(23-21-29)25-43-45-42/h7-15,17-23,27-28,35-37H,16,24-26H2,1-6H3,(H,44,48)/b17-11+,19-18+/t28-,36+,37+/m1/s1. The van der Waals surface area contributed by atoms with Crippen LogP contribution in [0.1, 0.15) is 82.6 Å². The molecule has 1 N–H and O–H groups in total. The highest BCUT2D eigenvalue weighted by Crippen LogP contribution is 2.44. The lowest BCUT2D eigenvalue weighted by Gasteiger charge is -2.26. The number of fused-ring (bicyclic) bond motifs is 3. The van der Waals surface area contributed by atoms with Crippen LogP contribution in [0.15, 0.2) is 96.1 Å². The molecule has 0 spiro atoms. The predicted octanol–water partition coefficient (Wildman–Crippen LogP) is 9.30. The summed E-state index contributed by atoms with van der Waals surface area (Å²) in [6.07, 6.45) is 6.05. The van der Waals surface area contributed by atoms with Crippen molar-refractivity contribution in [3.63, 3.8) is 0 Å². The molecule has 0 fully saturated rings. The van der Waals surface area contributed by atoms with Gasteiger partial charge in [-0.25, -0.2) is 14.4 Å². The maximum absolute atomic E-state index is 13.7. The van der Waals surface area contributed by atoms with Crippen molar-refractivity contribution < 1.29 is 28.6 Å². The Morgan fingerprint density at radius 3 is 2.16 bits per heavy atom. The molecule has 0 aromatic heterocycles. The van der Waals surface area contributed by atoms with Crippen molar-refractivity contribution in [1.29, 1.82) is 0 Å². The van der Waals surface area contributed by atoms with Gasteiger partial charge in [0.1, 0.15) is 24.4 Å². The summed E-state index contributed by atoms with van der Waals surface area (Å²) in [5, 5.41) is 6.36. The van der Waals surface area contributed by atoms with Gasteiger partial charge in [-0.15, -0.1) is 0 Å². The van der Waals surface area contributed by atoms with Crippen molar-refractivity contribution in [3.05, 3.63) is 124 Å². The maximum atomic E-state index is 13.7. The van der Waals surface area contributed by atoms with E-state index in [-0.39, 0.29) is 37.3 Å². The highest BCUT2D eigenvalue weighted by molar-refractivity contribution is 5.83. The van der Waals surface area contributed by atoms with Crippen molar-refractivity contribution in [1.82, 2.24) is 5.32 Å². The van der Waals surface area contributed by atoms with Crippen molar-refractivity contribution in [3.8, 4) is 11.1 Å². The zero-order chi connectivity index (χ0) is 37.0. The predicted molar refractivity (Wildman–Crippen MR) is 198 cm³/mol. The third kappa shape index (κ3) is 11.6. The van der Waals surface area contributed by atoms with Crippen LogP contribution in [0, 0.1) is 11.8 Å². The molecule has 0 unspecified atom stereocenters. The van der Waals surface area contributed by atoms with Gasteiger partial charge in [0, 0.05) is 29.2 Å². The van der Waals surface area contributed by atoms with Gasteiger partial charge in [-0.2, -0.15) is 0 Å². The Morgan fingerprint density at radius 2 is 1.57 bits per heavy atom. The van der Waals surface area contributed by atoms with Crippen molar-refractivity contribution in [2.75, 3.05) is 6.61 Å². The molecule has 3 aromatic rings. The van der Waals surface area contributed by atoms with Crippen LogP contribution in [-0.2, 0) is 30.3 Å². The molecule has 51 heavy (non-hydrogen) atoms. The fourth-order valence-corrected chi connectivity index (χ4v) is 5.94. The number of hydrogen-bond acceptors (Lipinski definition) is 7. The second kappa shape index (κ2) is 18.1. The number of hydrogen-bond donors (Lipinski definition) is 1. The molecule has 0 bridgehead atoms. The number of azide groups is 1. The number of ether oxygens (including phenoxy) is 3. The Labute approximate surface area is 300 Å². The third-order valence-electron chi connectivity index (χ3n) is 8.40. The Morgan fingerprint density at radius 1 is 0.941 bits per heavy atom. The summed E-state index contributed by atoms with van der Waals surface area (Å²) >= 11 is 0. The van der Waals surface area contributed by atoms with Crippen LogP contribution in [0.4, 0.5) is 4.79 Å². The second-order valence-electron chi connectivity index (χ2n) is 14.1. The minimum atomic E-state index is -0.947. The molecule has 268 valence electrons. The monoisotopic (exact) mass is 692 g/mol. The molecule has 4 rings (SSSR count). The maximum Gasteiger partial charge on any atom is 0.407 e. The average molecular weight is 693 g/mol. The van der Waals surface area contributed by atoms with Crippen molar-refractivity contribution in [2.45, 2.75) is 84.6 Å². The first kappa shape index (κ1) is 38.5. The Bertz CT molecular complexity index is 1720. The molecule has 3 atom stereocenters. The van der Waals surface area contributed by atoms with Crippen LogP contribution in [0.5, 0.6) is 0 Å². The largest absolute Gasteiger partial charge is 0.460 e. The van der Waals surface area contributed by atoms with E-state index in [9.17, 15) is 14.4 Å². The lowest BCUT2D eigenvalue weighted by atomic mass is 9.98. The number of benzene rings is 3. The zero-order valence-electron chi connectivity index (χ0n) is 30.2. The van der Waals surface area contributed by atoms with Gasteiger partial charge in [0.25, 0.3) is 0 Å². The van der Waals surface area contributed by atoms with Gasteiger partial charge in [-0.3, -0.25) is 0 Å². The van der Waals surface area contributed by atoms with Gasteiger partial charge in [0.15, 0.2) is 0 Å². The zero-order valence-corrected chi connectivity index (χ0v) is 30.2. The summed E-state index contributed by atoms with van der Waals surface area (Å²) < 4.78 is 17.2. The smallest absolute Gasteiger partial charge is 0.407 e. The van der Waals surface area contributed by atoms with E-state index in [1.807, 2.05) is 93.6 Å². The van der Waals surface area contributed by atoms with E-state index in [1.165, 1.54) is 6.08 Å². The fraction of sp³-hybridized carbons (Fsp3) is 0.390. The topological polar surface area (TPSA) is 140 Å². The first-order chi connectivity index (χ1) is 24.3. The van der Waals surface area contributed by atoms with Crippen molar-refractivity contribution >= 4 is 24.1 Å². The number of esters is 2. The molecule has 1 aliphatic carbocycles. The van der Waals surface area contributed by atoms with Gasteiger partial charge in [-0.1, -0.05) is 117 Å². The van der Waals surface area contributed by atoms with Crippen molar-refractivity contribution in [2.24, 2.45) is 17.0 Å². The number of alkyl carbamates (subject to hydrolysis) is 1. The van der Waals surface area contributed by atoms with Gasteiger partial charge in [0.05, 0.1) is 6.54 Å². The summed E-state index contributed by atoms with van der Waals surface area (Å²) in [5.74, 6) is -1.40. The number of nitrogens with zero attached hydrogens (tertiary/aromatic N) is 3. The van der Waals surface area contributed by atoms with Gasteiger partial charge >= 0.3 is 18.0 Å². The molecule has 1 aliphatic rings. The number of carbonyl (C=O) groups excluding carboxylic acids is 3. The van der Waals surface area contributed by atoms with Crippen LogP contribution in [0.25, 0.3) is 27.6 Å². The number of amides is 1. The Hall–Kier alpha value is -5.34. The van der Waals surface area contributed by atoms with E-state index in [0.29, 0.717) is 6.42 Å². The summed E-state index contributed by atoms with van der Waals surface area (Å²) in [5.41, 5.74) is 14.2. The number of nitrogens with one attached hydrogen (secondary N) is 1. The van der Waals surface area contributed by atoms with Gasteiger partial charge < -0.3 is 19.5 Å². The van der Waals surface area contributed by atoms with Gasteiger partial charge in [0.2, 0.25) is 0 Å². The molecule has 10 heteroatoms. The SMILES string of the molecule is CC(C)C[C@H](NC(=O)OCC1c2ccccc2-c2ccccc21)C(=O)O[C@@H](C/C=C/C(=O)OC(C)(C)C)[C@H](C)/C=C/c1ccc(CN=[N+]=[N-])cc1. The number of carbonyl (C=O) groups is 3. The summed E-state index contributed by atoms with van der Waals surface area (Å²) in [4.78, 5) is 42.1. The molecule has 0 heterocycles. The van der Waals surface area contributed by atoms with E-state index >= 15 is 0 Å². The van der Waals surface area contributed by atoms with E-state index in [1.54, 1.807) is 26.8 Å². The molecule has 0 saturated heterocycles. The average Bonchev–Trinajstić information content (AvgIpc) is 3.41. The quantitative estimate of drug-likeness (QED) is 0.0420. The highest BCUT2D eigenvalue weighted by Gasteiger charge is 2.31. The second-order valence-corrected chi connectivity index (χ2v) is 14.1. The first-order valence-corrected chi connectivity index (χ1v) is 17.3. The summed E-state index contributed by atoms with van der Waals surface area (Å²) in [7, 11) is 0. The number of rotatable bonds is 15. The molecule has 10 nitrogen and oxygen atoms in total. The Kier molecular flexibility index (Phi) is 13.6. The van der Waals surface area contributed by atoms with Crippen LogP contribution in [0.2, 0.25) is 0 Å². The Balaban J connectivity index is 1.45. The van der Waals surface area contributed by atoms with Gasteiger partial charge in [-0.05, 0) is 72.0 Å². The molecule has 0 saturated carbocycles. The fourth-order valence-electron chi connectivity index (χ4n) is 5.94. The van der Waals surface area contributed by atoms with E-state index < -0.39 is 35.8 Å². The first-order valence-electron chi connectivity index (χ1n) is 17.3. The van der Waals surface area contributed by atoms with E-state index in [4.69, 9.17) is 19.7 Å². The highest BCUT2D eigenvalue weighted by atomic mass is 16.6. The lowest BCUT2D eigenvalue weighted by Crippen LogP contribution is -2.44. The molecular formula is C41H48N4O6. The van der Waals surface area contributed by atoms with Crippen LogP contribution in [-0.4, -0.2) is 42.4 Å². The lowest BCUT2D eigenvalue weighted by molar-refractivity contribution is -0.153. The van der Waals surface area contributed by atoms with Crippen LogP contribution >= 0.6 is 0 Å². The molecule has 3 aromatic carbocycles. The molecule has 1 amide bonds.